The van der Waals surface area contributed by atoms with Crippen molar-refractivity contribution in [1.29, 1.82) is 0 Å². The van der Waals surface area contributed by atoms with Crippen LogP contribution in [0.2, 0.25) is 0 Å². The number of pyridine rings is 1. The lowest BCUT2D eigenvalue weighted by Crippen LogP contribution is -2.13. The molecule has 0 aliphatic rings. The van der Waals surface area contributed by atoms with Crippen LogP contribution in [-0.4, -0.2) is 21.1 Å². The van der Waals surface area contributed by atoms with Gasteiger partial charge in [-0.2, -0.15) is 0 Å². The summed E-state index contributed by atoms with van der Waals surface area (Å²) in [6.07, 6.45) is 1.77. The zero-order valence-corrected chi connectivity index (χ0v) is 9.11. The molecule has 1 N–H and O–H groups in total. The van der Waals surface area contributed by atoms with Crippen LogP contribution in [0.3, 0.4) is 0 Å². The summed E-state index contributed by atoms with van der Waals surface area (Å²) in [4.78, 5) is 25.7. The Morgan fingerprint density at radius 2 is 2.29 bits per heavy atom. The Morgan fingerprint density at radius 1 is 1.53 bits per heavy atom. The molecule has 0 saturated carbocycles. The fourth-order valence-corrected chi connectivity index (χ4v) is 1.51. The molecule has 2 rings (SSSR count). The van der Waals surface area contributed by atoms with Gasteiger partial charge in [0.2, 0.25) is 0 Å². The summed E-state index contributed by atoms with van der Waals surface area (Å²) in [5.74, 6) is -0.640. The van der Waals surface area contributed by atoms with Crippen LogP contribution in [-0.2, 0) is 6.54 Å². The molecular weight excluding hydrogens is 225 g/mol. The number of rotatable bonds is 3. The van der Waals surface area contributed by atoms with Gasteiger partial charge >= 0.3 is 0 Å². The van der Waals surface area contributed by atoms with Crippen molar-refractivity contribution in [2.24, 2.45) is 0 Å². The lowest BCUT2D eigenvalue weighted by Gasteiger charge is -2.00. The van der Waals surface area contributed by atoms with E-state index < -0.39 is 5.82 Å². The van der Waals surface area contributed by atoms with Crippen molar-refractivity contribution < 1.29 is 9.18 Å². The van der Waals surface area contributed by atoms with E-state index in [1.807, 2.05) is 0 Å². The molecule has 0 spiro atoms. The Morgan fingerprint density at radius 3 is 2.82 bits per heavy atom. The number of carbonyl (C=O) groups excluding carboxylic acids is 1. The summed E-state index contributed by atoms with van der Waals surface area (Å²) in [6.45, 7) is 2.26. The third kappa shape index (κ3) is 2.01. The van der Waals surface area contributed by atoms with E-state index in [2.05, 4.69) is 10.1 Å². The van der Waals surface area contributed by atoms with Gasteiger partial charge in [-0.3, -0.25) is 24.4 Å². The van der Waals surface area contributed by atoms with Gasteiger partial charge in [-0.1, -0.05) is 0 Å². The molecule has 5 nitrogen and oxygen atoms in total. The van der Waals surface area contributed by atoms with Crippen LogP contribution >= 0.6 is 0 Å². The fourth-order valence-electron chi connectivity index (χ4n) is 1.51. The highest BCUT2D eigenvalue weighted by atomic mass is 19.1. The van der Waals surface area contributed by atoms with Crippen LogP contribution in [0.4, 0.5) is 4.39 Å². The van der Waals surface area contributed by atoms with Crippen LogP contribution in [0.25, 0.3) is 11.4 Å². The third-order valence-electron chi connectivity index (χ3n) is 2.36. The van der Waals surface area contributed by atoms with E-state index in [0.717, 1.165) is 6.07 Å². The highest BCUT2D eigenvalue weighted by Crippen LogP contribution is 2.17. The minimum atomic E-state index is -0.640. The molecule has 0 amide bonds. The number of nitrogens with one attached hydrogen (secondary N) is 1. The maximum Gasteiger partial charge on any atom is 0.267 e. The topological polar surface area (TPSA) is 67.8 Å². The van der Waals surface area contributed by atoms with Gasteiger partial charge < -0.3 is 0 Å². The summed E-state index contributed by atoms with van der Waals surface area (Å²) in [5.41, 5.74) is 0.235. The third-order valence-corrected chi connectivity index (χ3v) is 2.36. The SMILES string of the molecule is CCn1[nH]c(-c2ncc(C=O)cc2F)cc1=O. The van der Waals surface area contributed by atoms with Crippen molar-refractivity contribution in [1.82, 2.24) is 14.8 Å². The van der Waals surface area contributed by atoms with Gasteiger partial charge in [-0.05, 0) is 13.0 Å². The van der Waals surface area contributed by atoms with E-state index in [9.17, 15) is 14.0 Å². The second kappa shape index (κ2) is 4.32. The van der Waals surface area contributed by atoms with Crippen LogP contribution in [0, 0.1) is 5.82 Å². The fraction of sp³-hybridized carbons (Fsp3) is 0.182. The van der Waals surface area contributed by atoms with Crippen LogP contribution < -0.4 is 5.56 Å². The zero-order valence-electron chi connectivity index (χ0n) is 9.11. The molecule has 0 unspecified atom stereocenters. The van der Waals surface area contributed by atoms with Gasteiger partial charge in [0.15, 0.2) is 12.1 Å². The number of nitrogens with zero attached hydrogens (tertiary/aromatic N) is 2. The quantitative estimate of drug-likeness (QED) is 0.813. The number of aldehydes is 1. The van der Waals surface area contributed by atoms with E-state index in [0.29, 0.717) is 18.5 Å². The lowest BCUT2D eigenvalue weighted by atomic mass is 10.2. The van der Waals surface area contributed by atoms with E-state index >= 15 is 0 Å². The molecule has 0 fully saturated rings. The first-order valence-electron chi connectivity index (χ1n) is 5.06. The number of H-pyrrole nitrogens is 1. The molecule has 0 aliphatic heterocycles. The van der Waals surface area contributed by atoms with E-state index in [-0.39, 0.29) is 16.8 Å². The van der Waals surface area contributed by atoms with Crippen LogP contribution in [0.1, 0.15) is 17.3 Å². The zero-order chi connectivity index (χ0) is 12.4. The van der Waals surface area contributed by atoms with Gasteiger partial charge in [0.05, 0.1) is 5.69 Å². The number of carbonyl (C=O) groups is 1. The van der Waals surface area contributed by atoms with E-state index in [4.69, 9.17) is 0 Å². The Hall–Kier alpha value is -2.24. The first kappa shape index (κ1) is 11.3. The van der Waals surface area contributed by atoms with Crippen molar-refractivity contribution in [2.45, 2.75) is 13.5 Å². The molecule has 0 bridgehead atoms. The molecule has 0 aromatic carbocycles. The molecule has 88 valence electrons. The number of hydrogen-bond donors (Lipinski definition) is 1. The molecule has 6 heteroatoms. The van der Waals surface area contributed by atoms with E-state index in [1.165, 1.54) is 16.9 Å². The average molecular weight is 235 g/mol. The Labute approximate surface area is 95.9 Å². The molecule has 0 saturated heterocycles. The molecular formula is C11H10FN3O2. The Kier molecular flexibility index (Phi) is 2.86. The average Bonchev–Trinajstić information content (AvgIpc) is 2.70. The number of halogens is 1. The number of aromatic nitrogens is 3. The van der Waals surface area contributed by atoms with E-state index in [1.54, 1.807) is 6.92 Å². The number of hydrogen-bond acceptors (Lipinski definition) is 3. The van der Waals surface area contributed by atoms with Crippen molar-refractivity contribution in [2.75, 3.05) is 0 Å². The normalized spacial score (nSPS) is 10.5. The van der Waals surface area contributed by atoms with Gasteiger partial charge in [-0.25, -0.2) is 4.39 Å². The van der Waals surface area contributed by atoms with Gasteiger partial charge in [0, 0.05) is 24.4 Å². The summed E-state index contributed by atoms with van der Waals surface area (Å²) in [5, 5.41) is 2.74. The molecule has 2 heterocycles. The minimum Gasteiger partial charge on any atom is -0.298 e. The molecule has 0 aliphatic carbocycles. The van der Waals surface area contributed by atoms with Crippen molar-refractivity contribution in [3.8, 4) is 11.4 Å². The Balaban J connectivity index is 2.52. The first-order valence-corrected chi connectivity index (χ1v) is 5.06. The standard InChI is InChI=1S/C11H10FN3O2/c1-2-15-10(17)4-9(14-15)11-8(12)3-7(6-16)5-13-11/h3-6,14H,2H2,1H3. The second-order valence-electron chi connectivity index (χ2n) is 3.47. The Bertz CT molecular complexity index is 615. The summed E-state index contributed by atoms with van der Waals surface area (Å²) < 4.78 is 15.0. The minimum absolute atomic E-state index is 0.0277. The second-order valence-corrected chi connectivity index (χ2v) is 3.47. The van der Waals surface area contributed by atoms with Gasteiger partial charge in [-0.15, -0.1) is 0 Å². The maximum atomic E-state index is 13.6. The number of aryl methyl sites for hydroxylation is 1. The highest BCUT2D eigenvalue weighted by Gasteiger charge is 2.11. The predicted octanol–water partition coefficient (Wildman–Crippen LogP) is 1.21. The first-order chi connectivity index (χ1) is 8.15. The monoisotopic (exact) mass is 235 g/mol. The summed E-state index contributed by atoms with van der Waals surface area (Å²) in [7, 11) is 0. The smallest absolute Gasteiger partial charge is 0.267 e. The van der Waals surface area contributed by atoms with Crippen molar-refractivity contribution >= 4 is 6.29 Å². The van der Waals surface area contributed by atoms with Crippen molar-refractivity contribution in [3.05, 3.63) is 40.1 Å². The molecule has 2 aromatic rings. The van der Waals surface area contributed by atoms with Gasteiger partial charge in [0.1, 0.15) is 5.69 Å². The van der Waals surface area contributed by atoms with Gasteiger partial charge in [0.25, 0.3) is 5.56 Å². The maximum absolute atomic E-state index is 13.6. The predicted molar refractivity (Wildman–Crippen MR) is 59.3 cm³/mol. The molecule has 17 heavy (non-hydrogen) atoms. The molecule has 0 radical (unpaired) electrons. The highest BCUT2D eigenvalue weighted by molar-refractivity contribution is 5.75. The molecule has 2 aromatic heterocycles. The van der Waals surface area contributed by atoms with Crippen molar-refractivity contribution in [3.63, 3.8) is 0 Å². The van der Waals surface area contributed by atoms with Crippen LogP contribution in [0.15, 0.2) is 23.1 Å². The largest absolute Gasteiger partial charge is 0.298 e. The summed E-state index contributed by atoms with van der Waals surface area (Å²) >= 11 is 0. The lowest BCUT2D eigenvalue weighted by molar-refractivity contribution is 0.112. The molecule has 0 atom stereocenters. The number of aromatic amines is 1. The van der Waals surface area contributed by atoms with Crippen LogP contribution in [0.5, 0.6) is 0 Å². The summed E-state index contributed by atoms with van der Waals surface area (Å²) in [6, 6.07) is 2.35.